The minimum atomic E-state index is -3.49. The number of sulfonamides is 1. The molecule has 2 amide bonds. The van der Waals surface area contributed by atoms with Gasteiger partial charge in [0.1, 0.15) is 0 Å². The Bertz CT molecular complexity index is 727. The quantitative estimate of drug-likeness (QED) is 0.706. The third-order valence-corrected chi connectivity index (χ3v) is 6.50. The van der Waals surface area contributed by atoms with Crippen molar-refractivity contribution in [2.24, 2.45) is 0 Å². The van der Waals surface area contributed by atoms with Crippen molar-refractivity contribution in [3.8, 4) is 0 Å². The molecule has 3 rings (SSSR count). The maximum Gasteiger partial charge on any atom is 0.319 e. The van der Waals surface area contributed by atoms with Gasteiger partial charge in [0.2, 0.25) is 10.0 Å². The second-order valence-corrected chi connectivity index (χ2v) is 8.89. The molecule has 1 aromatic carbocycles. The second kappa shape index (κ2) is 7.94. The first-order valence-electron chi connectivity index (χ1n) is 9.24. The van der Waals surface area contributed by atoms with Gasteiger partial charge in [-0.2, -0.15) is 0 Å². The maximum absolute atomic E-state index is 12.2. The van der Waals surface area contributed by atoms with E-state index < -0.39 is 10.0 Å². The molecule has 0 bridgehead atoms. The molecule has 0 aromatic heterocycles. The highest BCUT2D eigenvalue weighted by molar-refractivity contribution is 7.89. The van der Waals surface area contributed by atoms with Gasteiger partial charge in [0, 0.05) is 12.2 Å². The molecule has 8 heteroatoms. The van der Waals surface area contributed by atoms with E-state index in [0.717, 1.165) is 25.7 Å². The van der Waals surface area contributed by atoms with Gasteiger partial charge in [-0.1, -0.05) is 19.8 Å². The van der Waals surface area contributed by atoms with Crippen molar-refractivity contribution < 1.29 is 17.9 Å². The van der Waals surface area contributed by atoms with Crippen LogP contribution in [0.4, 0.5) is 10.5 Å². The molecule has 1 atom stereocenters. The Kier molecular flexibility index (Phi) is 5.84. The third kappa shape index (κ3) is 4.55. The lowest BCUT2D eigenvalue weighted by Gasteiger charge is -2.21. The van der Waals surface area contributed by atoms with E-state index in [-0.39, 0.29) is 22.6 Å². The van der Waals surface area contributed by atoms with Crippen LogP contribution in [0.5, 0.6) is 0 Å². The van der Waals surface area contributed by atoms with Crippen LogP contribution in [0.15, 0.2) is 29.2 Å². The molecule has 1 aliphatic carbocycles. The highest BCUT2D eigenvalue weighted by atomic mass is 32.2. The number of benzene rings is 1. The smallest absolute Gasteiger partial charge is 0.319 e. The molecule has 1 aromatic rings. The van der Waals surface area contributed by atoms with E-state index in [9.17, 15) is 13.2 Å². The summed E-state index contributed by atoms with van der Waals surface area (Å²) in [5, 5.41) is 5.69. The molecular weight excluding hydrogens is 354 g/mol. The second-order valence-electron chi connectivity index (χ2n) is 7.12. The lowest BCUT2D eigenvalue weighted by atomic mass is 9.96. The summed E-state index contributed by atoms with van der Waals surface area (Å²) in [6, 6.07) is 5.87. The number of carbonyl (C=O) groups is 1. The number of nitrogens with one attached hydrogen (secondary N) is 3. The molecule has 1 spiro atoms. The van der Waals surface area contributed by atoms with Gasteiger partial charge in [0.15, 0.2) is 0 Å². The monoisotopic (exact) mass is 381 g/mol. The van der Waals surface area contributed by atoms with Crippen LogP contribution >= 0.6 is 0 Å². The Labute approximate surface area is 154 Å². The van der Waals surface area contributed by atoms with Gasteiger partial charge in [-0.15, -0.1) is 0 Å². The Morgan fingerprint density at radius 1 is 1.23 bits per heavy atom. The van der Waals surface area contributed by atoms with Gasteiger partial charge >= 0.3 is 6.03 Å². The molecule has 1 saturated heterocycles. The van der Waals surface area contributed by atoms with Gasteiger partial charge < -0.3 is 15.4 Å². The lowest BCUT2D eigenvalue weighted by molar-refractivity contribution is 0.00998. The molecular formula is C18H27N3O4S. The Morgan fingerprint density at radius 2 is 1.92 bits per heavy atom. The van der Waals surface area contributed by atoms with E-state index in [2.05, 4.69) is 15.4 Å². The van der Waals surface area contributed by atoms with Crippen molar-refractivity contribution >= 4 is 21.7 Å². The molecule has 1 saturated carbocycles. The number of anilines is 1. The van der Waals surface area contributed by atoms with Gasteiger partial charge in [0.05, 0.1) is 23.1 Å². The van der Waals surface area contributed by atoms with Crippen LogP contribution in [-0.2, 0) is 14.8 Å². The Hall–Kier alpha value is -1.64. The van der Waals surface area contributed by atoms with E-state index >= 15 is 0 Å². The fourth-order valence-corrected chi connectivity index (χ4v) is 4.83. The summed E-state index contributed by atoms with van der Waals surface area (Å²) in [6.07, 6.45) is 6.14. The third-order valence-electron chi connectivity index (χ3n) is 5.02. The first kappa shape index (κ1) is 19.1. The van der Waals surface area contributed by atoms with Crippen molar-refractivity contribution in [3.63, 3.8) is 0 Å². The summed E-state index contributed by atoms with van der Waals surface area (Å²) in [5.74, 6) is 0. The normalized spacial score (nSPS) is 21.8. The summed E-state index contributed by atoms with van der Waals surface area (Å²) >= 11 is 0. The highest BCUT2D eigenvalue weighted by Crippen LogP contribution is 2.40. The number of carbonyl (C=O) groups excluding carboxylic acids is 1. The first-order valence-corrected chi connectivity index (χ1v) is 10.7. The topological polar surface area (TPSA) is 96.5 Å². The van der Waals surface area contributed by atoms with Crippen LogP contribution < -0.4 is 15.4 Å². The van der Waals surface area contributed by atoms with Crippen LogP contribution in [0.25, 0.3) is 0 Å². The van der Waals surface area contributed by atoms with Crippen LogP contribution in [-0.4, -0.2) is 39.2 Å². The molecule has 1 heterocycles. The van der Waals surface area contributed by atoms with E-state index in [1.807, 2.05) is 6.92 Å². The molecule has 1 unspecified atom stereocenters. The van der Waals surface area contributed by atoms with Crippen molar-refractivity contribution in [1.29, 1.82) is 0 Å². The summed E-state index contributed by atoms with van der Waals surface area (Å²) in [5.41, 5.74) is 0.519. The van der Waals surface area contributed by atoms with Crippen LogP contribution in [0.2, 0.25) is 0 Å². The van der Waals surface area contributed by atoms with E-state index in [4.69, 9.17) is 4.74 Å². The average Bonchev–Trinajstić information content (AvgIpc) is 3.23. The van der Waals surface area contributed by atoms with Gasteiger partial charge in [-0.3, -0.25) is 0 Å². The van der Waals surface area contributed by atoms with Crippen molar-refractivity contribution in [2.45, 2.75) is 62.0 Å². The molecule has 0 radical (unpaired) electrons. The number of amides is 2. The summed E-state index contributed by atoms with van der Waals surface area (Å²) in [6.45, 7) is 2.85. The van der Waals surface area contributed by atoms with E-state index in [1.54, 1.807) is 12.1 Å². The standard InChI is InChI=1S/C18H27N3O4S/c1-2-11-19-26(23,24)16-7-5-14(6-8-16)20-17(22)21-15-12-18(25-13-15)9-3-4-10-18/h5-8,15,19H,2-4,9-13H2,1H3,(H2,20,21,22). The predicted molar refractivity (Wildman–Crippen MR) is 99.6 cm³/mol. The fourth-order valence-electron chi connectivity index (χ4n) is 3.69. The van der Waals surface area contributed by atoms with Gasteiger partial charge in [-0.25, -0.2) is 17.9 Å². The Morgan fingerprint density at radius 3 is 2.58 bits per heavy atom. The molecule has 7 nitrogen and oxygen atoms in total. The maximum atomic E-state index is 12.2. The zero-order valence-corrected chi connectivity index (χ0v) is 15.9. The summed E-state index contributed by atoms with van der Waals surface area (Å²) < 4.78 is 32.6. The molecule has 2 aliphatic rings. The number of hydrogen-bond acceptors (Lipinski definition) is 4. The zero-order valence-electron chi connectivity index (χ0n) is 15.1. The number of urea groups is 1. The van der Waals surface area contributed by atoms with Crippen molar-refractivity contribution in [3.05, 3.63) is 24.3 Å². The Balaban J connectivity index is 1.52. The number of rotatable bonds is 6. The molecule has 26 heavy (non-hydrogen) atoms. The first-order chi connectivity index (χ1) is 12.4. The van der Waals surface area contributed by atoms with Crippen LogP contribution in [0.1, 0.15) is 45.4 Å². The number of ether oxygens (including phenoxy) is 1. The zero-order chi connectivity index (χ0) is 18.6. The van der Waals surface area contributed by atoms with Gasteiger partial charge in [-0.05, 0) is 49.9 Å². The lowest BCUT2D eigenvalue weighted by Crippen LogP contribution is -2.39. The van der Waals surface area contributed by atoms with Gasteiger partial charge in [0.25, 0.3) is 0 Å². The molecule has 144 valence electrons. The summed E-state index contributed by atoms with van der Waals surface area (Å²) in [4.78, 5) is 12.4. The average molecular weight is 381 g/mol. The molecule has 1 aliphatic heterocycles. The minimum Gasteiger partial charge on any atom is -0.373 e. The summed E-state index contributed by atoms with van der Waals surface area (Å²) in [7, 11) is -3.49. The van der Waals surface area contributed by atoms with E-state index in [1.165, 1.54) is 25.0 Å². The number of hydrogen-bond donors (Lipinski definition) is 3. The van der Waals surface area contributed by atoms with Crippen LogP contribution in [0.3, 0.4) is 0 Å². The molecule has 2 fully saturated rings. The van der Waals surface area contributed by atoms with Crippen LogP contribution in [0, 0.1) is 0 Å². The molecule has 3 N–H and O–H groups in total. The largest absolute Gasteiger partial charge is 0.373 e. The highest BCUT2D eigenvalue weighted by Gasteiger charge is 2.42. The van der Waals surface area contributed by atoms with Crippen molar-refractivity contribution in [1.82, 2.24) is 10.0 Å². The predicted octanol–water partition coefficient (Wildman–Crippen LogP) is 2.60. The SMILES string of the molecule is CCCNS(=O)(=O)c1ccc(NC(=O)NC2COC3(CCCC3)C2)cc1. The van der Waals surface area contributed by atoms with E-state index in [0.29, 0.717) is 18.8 Å². The minimum absolute atomic E-state index is 0.0194. The van der Waals surface area contributed by atoms with Crippen molar-refractivity contribution in [2.75, 3.05) is 18.5 Å². The fraction of sp³-hybridized carbons (Fsp3) is 0.611.